The molecule has 3 unspecified atom stereocenters. The van der Waals surface area contributed by atoms with Crippen LogP contribution in [0.5, 0.6) is 0 Å². The first kappa shape index (κ1) is 9.05. The zero-order chi connectivity index (χ0) is 8.27. The number of ether oxygens (including phenoxy) is 1. The van der Waals surface area contributed by atoms with Gasteiger partial charge in [0.05, 0.1) is 12.2 Å². The molecule has 1 heteroatoms. The minimum atomic E-state index is 0.653. The van der Waals surface area contributed by atoms with Crippen molar-refractivity contribution in [2.45, 2.75) is 58.7 Å². The van der Waals surface area contributed by atoms with Gasteiger partial charge in [-0.15, -0.1) is 0 Å². The maximum atomic E-state index is 5.68. The third-order valence-electron chi connectivity index (χ3n) is 2.76. The van der Waals surface area contributed by atoms with Crippen LogP contribution in [-0.2, 0) is 4.74 Å². The van der Waals surface area contributed by atoms with Gasteiger partial charge in [-0.3, -0.25) is 0 Å². The largest absolute Gasteiger partial charge is 0.375 e. The summed E-state index contributed by atoms with van der Waals surface area (Å²) in [4.78, 5) is 0. The van der Waals surface area contributed by atoms with Crippen LogP contribution < -0.4 is 0 Å². The van der Waals surface area contributed by atoms with Crippen LogP contribution in [0.1, 0.15) is 46.5 Å². The molecule has 0 amide bonds. The monoisotopic (exact) mass is 156 g/mol. The number of hydrogen-bond donors (Lipinski definition) is 0. The summed E-state index contributed by atoms with van der Waals surface area (Å²) in [6, 6.07) is 0. The molecule has 2 heterocycles. The van der Waals surface area contributed by atoms with E-state index >= 15 is 0 Å². The molecule has 0 aromatic carbocycles. The Labute approximate surface area is 70.1 Å². The SMILES string of the molecule is CC.CCC1CC2CCC1O2. The van der Waals surface area contributed by atoms with E-state index in [0.717, 1.165) is 5.92 Å². The quantitative estimate of drug-likeness (QED) is 0.567. The first-order valence-corrected chi connectivity index (χ1v) is 5.05. The highest BCUT2D eigenvalue weighted by molar-refractivity contribution is 4.88. The molecule has 0 radical (unpaired) electrons. The Morgan fingerprint density at radius 3 is 2.27 bits per heavy atom. The first-order chi connectivity index (χ1) is 5.40. The van der Waals surface area contributed by atoms with Crippen LogP contribution in [0, 0.1) is 5.92 Å². The van der Waals surface area contributed by atoms with Gasteiger partial charge in [-0.1, -0.05) is 27.2 Å². The van der Waals surface area contributed by atoms with Crippen molar-refractivity contribution in [3.8, 4) is 0 Å². The van der Waals surface area contributed by atoms with Crippen molar-refractivity contribution in [3.05, 3.63) is 0 Å². The van der Waals surface area contributed by atoms with Crippen LogP contribution in [0.15, 0.2) is 0 Å². The summed E-state index contributed by atoms with van der Waals surface area (Å²) < 4.78 is 5.68. The van der Waals surface area contributed by atoms with Crippen molar-refractivity contribution in [3.63, 3.8) is 0 Å². The second-order valence-electron chi connectivity index (χ2n) is 3.28. The highest BCUT2D eigenvalue weighted by atomic mass is 16.5. The van der Waals surface area contributed by atoms with E-state index in [4.69, 9.17) is 4.74 Å². The van der Waals surface area contributed by atoms with Crippen molar-refractivity contribution in [1.82, 2.24) is 0 Å². The molecule has 2 fully saturated rings. The van der Waals surface area contributed by atoms with Gasteiger partial charge in [0, 0.05) is 0 Å². The van der Waals surface area contributed by atoms with Gasteiger partial charge in [-0.25, -0.2) is 0 Å². The fourth-order valence-corrected chi connectivity index (χ4v) is 2.17. The highest BCUT2D eigenvalue weighted by Crippen LogP contribution is 2.39. The first-order valence-electron chi connectivity index (χ1n) is 5.05. The minimum Gasteiger partial charge on any atom is -0.375 e. The van der Waals surface area contributed by atoms with Gasteiger partial charge in [0.25, 0.3) is 0 Å². The smallest absolute Gasteiger partial charge is 0.0608 e. The van der Waals surface area contributed by atoms with Crippen LogP contribution in [0.3, 0.4) is 0 Å². The molecule has 0 saturated carbocycles. The van der Waals surface area contributed by atoms with Gasteiger partial charge in [0.1, 0.15) is 0 Å². The molecule has 0 aromatic heterocycles. The molecule has 2 aliphatic rings. The Kier molecular flexibility index (Phi) is 3.38. The van der Waals surface area contributed by atoms with Crippen LogP contribution >= 0.6 is 0 Å². The number of hydrogen-bond acceptors (Lipinski definition) is 1. The zero-order valence-electron chi connectivity index (χ0n) is 7.97. The van der Waals surface area contributed by atoms with E-state index in [-0.39, 0.29) is 0 Å². The van der Waals surface area contributed by atoms with Crippen molar-refractivity contribution in [1.29, 1.82) is 0 Å². The average Bonchev–Trinajstić information content (AvgIpc) is 2.67. The van der Waals surface area contributed by atoms with Gasteiger partial charge >= 0.3 is 0 Å². The molecular weight excluding hydrogens is 136 g/mol. The van der Waals surface area contributed by atoms with Gasteiger partial charge in [-0.05, 0) is 25.2 Å². The Morgan fingerprint density at radius 2 is 2.00 bits per heavy atom. The van der Waals surface area contributed by atoms with Crippen molar-refractivity contribution in [2.75, 3.05) is 0 Å². The lowest BCUT2D eigenvalue weighted by molar-refractivity contribution is 0.0920. The third kappa shape index (κ3) is 1.76. The van der Waals surface area contributed by atoms with E-state index < -0.39 is 0 Å². The molecule has 0 aliphatic carbocycles. The summed E-state index contributed by atoms with van der Waals surface area (Å²) >= 11 is 0. The second-order valence-corrected chi connectivity index (χ2v) is 3.28. The average molecular weight is 156 g/mol. The summed E-state index contributed by atoms with van der Waals surface area (Å²) in [5.74, 6) is 0.906. The summed E-state index contributed by atoms with van der Waals surface area (Å²) in [6.45, 7) is 6.27. The van der Waals surface area contributed by atoms with E-state index in [0.29, 0.717) is 12.2 Å². The highest BCUT2D eigenvalue weighted by Gasteiger charge is 2.39. The second kappa shape index (κ2) is 4.10. The molecule has 0 spiro atoms. The maximum absolute atomic E-state index is 5.68. The third-order valence-corrected chi connectivity index (χ3v) is 2.76. The molecule has 0 aromatic rings. The Morgan fingerprint density at radius 1 is 1.27 bits per heavy atom. The number of rotatable bonds is 1. The standard InChI is InChI=1S/C8H14O.C2H6/c1-2-6-5-7-3-4-8(6)9-7;1-2/h6-8H,2-5H2,1H3;1-2H3. The molecule has 1 nitrogen and oxygen atoms in total. The summed E-state index contributed by atoms with van der Waals surface area (Å²) in [5, 5.41) is 0. The molecule has 2 bridgehead atoms. The van der Waals surface area contributed by atoms with Crippen LogP contribution in [0.25, 0.3) is 0 Å². The molecule has 3 atom stereocenters. The molecule has 11 heavy (non-hydrogen) atoms. The minimum absolute atomic E-state index is 0.653. The number of fused-ring (bicyclic) bond motifs is 2. The predicted molar refractivity (Wildman–Crippen MR) is 47.6 cm³/mol. The van der Waals surface area contributed by atoms with Crippen molar-refractivity contribution >= 4 is 0 Å². The summed E-state index contributed by atoms with van der Waals surface area (Å²) in [5.41, 5.74) is 0. The van der Waals surface area contributed by atoms with Crippen molar-refractivity contribution in [2.24, 2.45) is 5.92 Å². The van der Waals surface area contributed by atoms with Crippen molar-refractivity contribution < 1.29 is 4.74 Å². The molecule has 2 rings (SSSR count). The molecular formula is C10H20O. The molecule has 66 valence electrons. The van der Waals surface area contributed by atoms with Gasteiger partial charge < -0.3 is 4.74 Å². The summed E-state index contributed by atoms with van der Waals surface area (Å²) in [6.07, 6.45) is 6.65. The molecule has 0 N–H and O–H groups in total. The van der Waals surface area contributed by atoms with Crippen LogP contribution in [-0.4, -0.2) is 12.2 Å². The topological polar surface area (TPSA) is 9.23 Å². The van der Waals surface area contributed by atoms with Gasteiger partial charge in [-0.2, -0.15) is 0 Å². The van der Waals surface area contributed by atoms with E-state index in [9.17, 15) is 0 Å². The van der Waals surface area contributed by atoms with E-state index in [1.54, 1.807) is 0 Å². The maximum Gasteiger partial charge on any atom is 0.0608 e. The lowest BCUT2D eigenvalue weighted by atomic mass is 9.88. The van der Waals surface area contributed by atoms with Gasteiger partial charge in [0.2, 0.25) is 0 Å². The van der Waals surface area contributed by atoms with E-state index in [2.05, 4.69) is 6.92 Å². The fourth-order valence-electron chi connectivity index (χ4n) is 2.17. The normalized spacial score (nSPS) is 40.1. The Bertz CT molecular complexity index is 111. The van der Waals surface area contributed by atoms with Crippen LogP contribution in [0.4, 0.5) is 0 Å². The molecule has 2 aliphatic heterocycles. The lowest BCUT2D eigenvalue weighted by Gasteiger charge is -2.15. The Balaban J connectivity index is 0.000000281. The Hall–Kier alpha value is -0.0400. The van der Waals surface area contributed by atoms with Crippen LogP contribution in [0.2, 0.25) is 0 Å². The molecule has 2 saturated heterocycles. The lowest BCUT2D eigenvalue weighted by Crippen LogP contribution is -2.14. The zero-order valence-corrected chi connectivity index (χ0v) is 7.97. The summed E-state index contributed by atoms with van der Waals surface area (Å²) in [7, 11) is 0. The fraction of sp³-hybridized carbons (Fsp3) is 1.00. The van der Waals surface area contributed by atoms with E-state index in [1.165, 1.54) is 25.7 Å². The van der Waals surface area contributed by atoms with E-state index in [1.807, 2.05) is 13.8 Å². The predicted octanol–water partition coefficient (Wildman–Crippen LogP) is 2.99. The van der Waals surface area contributed by atoms with Gasteiger partial charge in [0.15, 0.2) is 0 Å².